The second kappa shape index (κ2) is 10.9. The summed E-state index contributed by atoms with van der Waals surface area (Å²) >= 11 is 0. The summed E-state index contributed by atoms with van der Waals surface area (Å²) in [6.45, 7) is 1.98. The fourth-order valence-electron chi connectivity index (χ4n) is 6.37. The van der Waals surface area contributed by atoms with Crippen LogP contribution in [0.2, 0.25) is 0 Å². The summed E-state index contributed by atoms with van der Waals surface area (Å²) in [6, 6.07) is 20.7. The Morgan fingerprint density at radius 1 is 0.976 bits per heavy atom. The van der Waals surface area contributed by atoms with Crippen molar-refractivity contribution >= 4 is 28.1 Å². The van der Waals surface area contributed by atoms with Gasteiger partial charge in [0, 0.05) is 48.0 Å². The summed E-state index contributed by atoms with van der Waals surface area (Å²) in [5.41, 5.74) is 12.1. The number of hydrogen-bond acceptors (Lipinski definition) is 6. The monoisotopic (exact) mass is 546 g/mol. The van der Waals surface area contributed by atoms with E-state index in [9.17, 15) is 4.79 Å². The summed E-state index contributed by atoms with van der Waals surface area (Å²) < 4.78 is 7.50. The minimum atomic E-state index is 0.00958. The molecule has 3 aromatic heterocycles. The molecule has 1 atom stereocenters. The molecule has 7 rings (SSSR count). The second-order valence-electron chi connectivity index (χ2n) is 11.3. The number of hydrogen-bond donors (Lipinski definition) is 2. The maximum atomic E-state index is 12.4. The highest BCUT2D eigenvalue weighted by Crippen LogP contribution is 2.39. The van der Waals surface area contributed by atoms with Gasteiger partial charge in [0.15, 0.2) is 0 Å². The van der Waals surface area contributed by atoms with Crippen molar-refractivity contribution < 1.29 is 9.53 Å². The van der Waals surface area contributed by atoms with Crippen LogP contribution in [0.4, 0.5) is 5.82 Å². The van der Waals surface area contributed by atoms with Gasteiger partial charge >= 0.3 is 0 Å². The molecule has 1 aliphatic heterocycles. The lowest BCUT2D eigenvalue weighted by Crippen LogP contribution is -2.35. The van der Waals surface area contributed by atoms with Crippen LogP contribution in [0.25, 0.3) is 38.9 Å². The number of nitrogens with one attached hydrogen (secondary N) is 1. The van der Waals surface area contributed by atoms with E-state index in [0.29, 0.717) is 30.9 Å². The first-order valence-corrected chi connectivity index (χ1v) is 14.6. The molecular formula is C33H34N6O2. The number of rotatable bonds is 6. The number of nitrogen functional groups attached to an aromatic ring is 1. The van der Waals surface area contributed by atoms with E-state index >= 15 is 0 Å². The van der Waals surface area contributed by atoms with Crippen LogP contribution in [0, 0.1) is 11.8 Å². The molecule has 2 fully saturated rings. The minimum absolute atomic E-state index is 0.00958. The molecule has 8 heteroatoms. The van der Waals surface area contributed by atoms with Crippen molar-refractivity contribution in [2.45, 2.75) is 38.0 Å². The molecule has 5 aromatic rings. The smallest absolute Gasteiger partial charge is 0.225 e. The number of imidazole rings is 1. The van der Waals surface area contributed by atoms with E-state index < -0.39 is 0 Å². The number of aromatic nitrogens is 4. The van der Waals surface area contributed by atoms with Gasteiger partial charge in [-0.15, -0.1) is 0 Å². The molecule has 0 radical (unpaired) electrons. The molecule has 0 spiro atoms. The third-order valence-corrected chi connectivity index (χ3v) is 8.72. The molecule has 1 saturated heterocycles. The average Bonchev–Trinajstić information content (AvgIpc) is 3.70. The second-order valence-corrected chi connectivity index (χ2v) is 11.3. The van der Waals surface area contributed by atoms with Crippen molar-refractivity contribution in [2.75, 3.05) is 25.5 Å². The lowest BCUT2D eigenvalue weighted by molar-refractivity contribution is -0.125. The van der Waals surface area contributed by atoms with Crippen molar-refractivity contribution in [1.82, 2.24) is 24.7 Å². The molecule has 3 N–H and O–H groups in total. The van der Waals surface area contributed by atoms with E-state index in [0.717, 1.165) is 83.4 Å². The Labute approximate surface area is 239 Å². The number of pyridine rings is 1. The highest BCUT2D eigenvalue weighted by Gasteiger charge is 2.29. The Hall–Kier alpha value is -4.30. The highest BCUT2D eigenvalue weighted by molar-refractivity contribution is 5.91. The largest absolute Gasteiger partial charge is 0.382 e. The van der Waals surface area contributed by atoms with Crippen molar-refractivity contribution in [3.05, 3.63) is 78.9 Å². The third-order valence-electron chi connectivity index (χ3n) is 8.72. The first-order valence-electron chi connectivity index (χ1n) is 14.6. The molecule has 1 amide bonds. The molecule has 0 bridgehead atoms. The molecule has 1 saturated carbocycles. The summed E-state index contributed by atoms with van der Waals surface area (Å²) in [4.78, 5) is 27.0. The van der Waals surface area contributed by atoms with Crippen LogP contribution in [0.5, 0.6) is 0 Å². The lowest BCUT2D eigenvalue weighted by Gasteiger charge is -2.28. The zero-order valence-electron chi connectivity index (χ0n) is 23.0. The van der Waals surface area contributed by atoms with E-state index in [4.69, 9.17) is 20.4 Å². The fourth-order valence-corrected chi connectivity index (χ4v) is 6.37. The molecule has 2 aromatic carbocycles. The molecule has 2 aliphatic rings. The number of carbonyl (C=O) groups excluding carboxylic acids is 1. The Morgan fingerprint density at radius 2 is 1.80 bits per heavy atom. The number of nitrogens with zero attached hydrogens (tertiary/aromatic N) is 4. The maximum absolute atomic E-state index is 12.4. The Balaban J connectivity index is 1.15. The zero-order chi connectivity index (χ0) is 27.8. The maximum Gasteiger partial charge on any atom is 0.225 e. The third kappa shape index (κ3) is 5.04. The minimum Gasteiger partial charge on any atom is -0.382 e. The summed E-state index contributed by atoms with van der Waals surface area (Å²) in [5.74, 6) is 2.45. The van der Waals surface area contributed by atoms with Crippen LogP contribution in [0.15, 0.2) is 73.1 Å². The Kier molecular flexibility index (Phi) is 6.84. The van der Waals surface area contributed by atoms with E-state index in [-0.39, 0.29) is 11.8 Å². The molecule has 1 aliphatic carbocycles. The molecular weight excluding hydrogens is 512 g/mol. The van der Waals surface area contributed by atoms with Crippen LogP contribution in [-0.2, 0) is 9.53 Å². The van der Waals surface area contributed by atoms with E-state index in [1.807, 2.05) is 24.4 Å². The van der Waals surface area contributed by atoms with Gasteiger partial charge in [-0.1, -0.05) is 48.5 Å². The van der Waals surface area contributed by atoms with Crippen molar-refractivity contribution in [3.8, 4) is 22.5 Å². The van der Waals surface area contributed by atoms with Gasteiger partial charge in [0.05, 0.1) is 23.7 Å². The van der Waals surface area contributed by atoms with Crippen LogP contribution in [0.1, 0.15) is 43.8 Å². The molecule has 4 heterocycles. The van der Waals surface area contributed by atoms with Gasteiger partial charge in [0.1, 0.15) is 22.9 Å². The SMILES string of the molecule is Nc1nccn2c(C3CCC(CNC(=O)C4CCOC4)CC3)nc(-c3ccc4ccc(-c5ccccc5)nc4c3)c12. The van der Waals surface area contributed by atoms with Gasteiger partial charge < -0.3 is 15.8 Å². The molecule has 41 heavy (non-hydrogen) atoms. The lowest BCUT2D eigenvalue weighted by atomic mass is 9.81. The van der Waals surface area contributed by atoms with Crippen molar-refractivity contribution in [3.63, 3.8) is 0 Å². The highest BCUT2D eigenvalue weighted by atomic mass is 16.5. The molecule has 208 valence electrons. The quantitative estimate of drug-likeness (QED) is 0.286. The molecule has 1 unspecified atom stereocenters. The zero-order valence-corrected chi connectivity index (χ0v) is 23.0. The topological polar surface area (TPSA) is 107 Å². The van der Waals surface area contributed by atoms with Crippen LogP contribution in [-0.4, -0.2) is 45.0 Å². The van der Waals surface area contributed by atoms with Gasteiger partial charge in [-0.05, 0) is 50.2 Å². The summed E-state index contributed by atoms with van der Waals surface area (Å²) in [6.07, 6.45) is 8.70. The summed E-state index contributed by atoms with van der Waals surface area (Å²) in [5, 5.41) is 4.25. The number of nitrogens with two attached hydrogens (primary N) is 1. The number of fused-ring (bicyclic) bond motifs is 2. The first-order chi connectivity index (χ1) is 20.1. The van der Waals surface area contributed by atoms with Crippen LogP contribution < -0.4 is 11.1 Å². The van der Waals surface area contributed by atoms with E-state index in [1.165, 1.54) is 0 Å². The van der Waals surface area contributed by atoms with Gasteiger partial charge in [-0.25, -0.2) is 15.0 Å². The van der Waals surface area contributed by atoms with Crippen LogP contribution >= 0.6 is 0 Å². The van der Waals surface area contributed by atoms with E-state index in [2.05, 4.69) is 57.2 Å². The van der Waals surface area contributed by atoms with Crippen molar-refractivity contribution in [1.29, 1.82) is 0 Å². The molecule has 8 nitrogen and oxygen atoms in total. The van der Waals surface area contributed by atoms with Gasteiger partial charge in [0.2, 0.25) is 5.91 Å². The number of carbonyl (C=O) groups is 1. The number of benzene rings is 2. The van der Waals surface area contributed by atoms with Crippen LogP contribution in [0.3, 0.4) is 0 Å². The van der Waals surface area contributed by atoms with Crippen molar-refractivity contribution in [2.24, 2.45) is 11.8 Å². The number of anilines is 1. The number of amides is 1. The fraction of sp³-hybridized carbons (Fsp3) is 0.333. The summed E-state index contributed by atoms with van der Waals surface area (Å²) in [7, 11) is 0. The number of ether oxygens (including phenoxy) is 1. The first kappa shape index (κ1) is 25.7. The standard InChI is InChI=1S/C33H34N6O2/c34-31-30-29(25-11-10-23-12-13-27(37-28(23)18-25)22-4-2-1-3-5-22)38-32(39(30)16-15-35-31)24-8-6-21(7-9-24)19-36-33(40)26-14-17-41-20-26/h1-5,10-13,15-16,18,21,24,26H,6-9,14,17,19-20H2,(H2,34,35)(H,36,40). The van der Waals surface area contributed by atoms with E-state index in [1.54, 1.807) is 6.20 Å². The van der Waals surface area contributed by atoms with Gasteiger partial charge in [-0.3, -0.25) is 9.20 Å². The average molecular weight is 547 g/mol. The van der Waals surface area contributed by atoms with Gasteiger partial charge in [0.25, 0.3) is 0 Å². The predicted molar refractivity (Wildman–Crippen MR) is 160 cm³/mol. The normalized spacial score (nSPS) is 20.9. The van der Waals surface area contributed by atoms with Gasteiger partial charge in [-0.2, -0.15) is 0 Å². The Bertz CT molecular complexity index is 1700. The predicted octanol–water partition coefficient (Wildman–Crippen LogP) is 5.62. The Morgan fingerprint density at radius 3 is 2.61 bits per heavy atom.